The van der Waals surface area contributed by atoms with Crippen molar-refractivity contribution in [3.63, 3.8) is 0 Å². The topological polar surface area (TPSA) is 80.8 Å². The largest absolute Gasteiger partial charge is 0.321 e. The van der Waals surface area contributed by atoms with Gasteiger partial charge in [-0.1, -0.05) is 0 Å². The van der Waals surface area contributed by atoms with E-state index < -0.39 is 0 Å². The molecule has 1 fully saturated rings. The highest BCUT2D eigenvalue weighted by molar-refractivity contribution is 5.92. The highest BCUT2D eigenvalue weighted by atomic mass is 16.2. The van der Waals surface area contributed by atoms with Crippen LogP contribution < -0.4 is 0 Å². The lowest BCUT2D eigenvalue weighted by Gasteiger charge is -2.31. The number of pyridine rings is 1. The Hall–Kier alpha value is -2.40. The van der Waals surface area contributed by atoms with Crippen molar-refractivity contribution in [2.75, 3.05) is 6.54 Å². The van der Waals surface area contributed by atoms with Crippen LogP contribution in [0.15, 0.2) is 18.3 Å². The Kier molecular flexibility index (Phi) is 3.54. The van der Waals surface area contributed by atoms with Crippen molar-refractivity contribution in [2.24, 2.45) is 0 Å². The molecule has 0 radical (unpaired) electrons. The van der Waals surface area contributed by atoms with Gasteiger partial charge in [0.2, 0.25) is 0 Å². The van der Waals surface area contributed by atoms with Gasteiger partial charge in [-0.05, 0) is 31.4 Å². The molecule has 5 heteroatoms. The van der Waals surface area contributed by atoms with Gasteiger partial charge in [-0.25, -0.2) is 4.98 Å². The average molecular weight is 240 g/mol. The average Bonchev–Trinajstić information content (AvgIpc) is 2.46. The van der Waals surface area contributed by atoms with Crippen LogP contribution in [0.4, 0.5) is 0 Å². The molecule has 0 saturated carbocycles. The maximum absolute atomic E-state index is 12.2. The number of hydrogen-bond donors (Lipinski definition) is 0. The Labute approximate surface area is 105 Å². The van der Waals surface area contributed by atoms with Gasteiger partial charge < -0.3 is 4.90 Å². The number of carbonyl (C=O) groups excluding carboxylic acids is 1. The molecule has 2 rings (SSSR count). The Morgan fingerprint density at radius 3 is 2.83 bits per heavy atom. The fourth-order valence-electron chi connectivity index (χ4n) is 2.04. The number of aromatic nitrogens is 1. The molecule has 18 heavy (non-hydrogen) atoms. The summed E-state index contributed by atoms with van der Waals surface area (Å²) >= 11 is 0. The van der Waals surface area contributed by atoms with E-state index >= 15 is 0 Å². The van der Waals surface area contributed by atoms with Gasteiger partial charge in [0.1, 0.15) is 17.8 Å². The first kappa shape index (κ1) is 12.1. The lowest BCUT2D eigenvalue weighted by Crippen LogP contribution is -2.43. The maximum atomic E-state index is 12.2. The molecule has 2 heterocycles. The van der Waals surface area contributed by atoms with Crippen molar-refractivity contribution < 1.29 is 4.79 Å². The van der Waals surface area contributed by atoms with E-state index in [4.69, 9.17) is 10.5 Å². The maximum Gasteiger partial charge on any atom is 0.273 e. The molecule has 0 bridgehead atoms. The first-order valence-electron chi connectivity index (χ1n) is 5.83. The molecule has 0 N–H and O–H groups in total. The second kappa shape index (κ2) is 5.29. The van der Waals surface area contributed by atoms with Gasteiger partial charge in [-0.2, -0.15) is 10.5 Å². The van der Waals surface area contributed by atoms with E-state index in [1.807, 2.05) is 6.07 Å². The normalized spacial score (nSPS) is 18.8. The van der Waals surface area contributed by atoms with Gasteiger partial charge >= 0.3 is 0 Å². The standard InChI is InChI=1S/C13H12N4O/c14-7-10-4-5-12(16-9-10)13(18)17-6-2-1-3-11(17)8-15/h4-5,9,11H,1-3,6H2. The smallest absolute Gasteiger partial charge is 0.273 e. The van der Waals surface area contributed by atoms with Gasteiger partial charge in [-0.15, -0.1) is 0 Å². The van der Waals surface area contributed by atoms with Crippen LogP contribution in [0.1, 0.15) is 35.3 Å². The van der Waals surface area contributed by atoms with Crippen LogP contribution in [0.3, 0.4) is 0 Å². The van der Waals surface area contributed by atoms with Gasteiger partial charge in [0, 0.05) is 12.7 Å². The molecular formula is C13H12N4O. The Balaban J connectivity index is 2.19. The van der Waals surface area contributed by atoms with Gasteiger partial charge in [0.15, 0.2) is 0 Å². The Bertz CT molecular complexity index is 523. The lowest BCUT2D eigenvalue weighted by molar-refractivity contribution is 0.0664. The summed E-state index contributed by atoms with van der Waals surface area (Å²) in [5, 5.41) is 17.7. The van der Waals surface area contributed by atoms with Gasteiger partial charge in [-0.3, -0.25) is 4.79 Å². The second-order valence-corrected chi connectivity index (χ2v) is 4.18. The van der Waals surface area contributed by atoms with Crippen molar-refractivity contribution >= 4 is 5.91 Å². The van der Waals surface area contributed by atoms with Crippen LogP contribution >= 0.6 is 0 Å². The Morgan fingerprint density at radius 2 is 2.22 bits per heavy atom. The van der Waals surface area contributed by atoms with Crippen LogP contribution in [-0.2, 0) is 0 Å². The van der Waals surface area contributed by atoms with Crippen molar-refractivity contribution in [3.8, 4) is 12.1 Å². The number of amides is 1. The molecule has 0 spiro atoms. The minimum absolute atomic E-state index is 0.231. The fourth-order valence-corrected chi connectivity index (χ4v) is 2.04. The Morgan fingerprint density at radius 1 is 1.39 bits per heavy atom. The molecule has 1 aromatic heterocycles. The van der Waals surface area contributed by atoms with Crippen LogP contribution in [0.5, 0.6) is 0 Å². The molecule has 1 aromatic rings. The van der Waals surface area contributed by atoms with Crippen LogP contribution in [0, 0.1) is 22.7 Å². The molecule has 1 amide bonds. The summed E-state index contributed by atoms with van der Waals surface area (Å²) in [6, 6.07) is 6.84. The summed E-state index contributed by atoms with van der Waals surface area (Å²) in [6.07, 6.45) is 3.99. The van der Waals surface area contributed by atoms with Crippen molar-refractivity contribution in [1.82, 2.24) is 9.88 Å². The number of carbonyl (C=O) groups is 1. The molecule has 1 saturated heterocycles. The number of nitrogens with zero attached hydrogens (tertiary/aromatic N) is 4. The SMILES string of the molecule is N#Cc1ccc(C(=O)N2CCCCC2C#N)nc1. The minimum atomic E-state index is -0.358. The zero-order valence-electron chi connectivity index (χ0n) is 9.83. The summed E-state index contributed by atoms with van der Waals surface area (Å²) in [5.74, 6) is -0.231. The number of likely N-dealkylation sites (tertiary alicyclic amines) is 1. The summed E-state index contributed by atoms with van der Waals surface area (Å²) in [4.78, 5) is 17.7. The first-order chi connectivity index (χ1) is 8.76. The van der Waals surface area contributed by atoms with Crippen molar-refractivity contribution in [1.29, 1.82) is 10.5 Å². The quantitative estimate of drug-likeness (QED) is 0.744. The summed E-state index contributed by atoms with van der Waals surface area (Å²) < 4.78 is 0. The van der Waals surface area contributed by atoms with E-state index in [0.717, 1.165) is 19.3 Å². The second-order valence-electron chi connectivity index (χ2n) is 4.18. The number of piperidine rings is 1. The van der Waals surface area contributed by atoms with Crippen molar-refractivity contribution in [2.45, 2.75) is 25.3 Å². The highest BCUT2D eigenvalue weighted by Gasteiger charge is 2.27. The molecule has 0 aromatic carbocycles. The molecule has 0 aliphatic carbocycles. The summed E-state index contributed by atoms with van der Waals surface area (Å²) in [6.45, 7) is 0.596. The number of nitriles is 2. The lowest BCUT2D eigenvalue weighted by atomic mass is 10.0. The summed E-state index contributed by atoms with van der Waals surface area (Å²) in [7, 11) is 0. The third-order valence-corrected chi connectivity index (χ3v) is 3.02. The molecule has 5 nitrogen and oxygen atoms in total. The predicted molar refractivity (Wildman–Crippen MR) is 63.2 cm³/mol. The van der Waals surface area contributed by atoms with E-state index in [9.17, 15) is 4.79 Å². The molecular weight excluding hydrogens is 228 g/mol. The molecule has 1 aliphatic heterocycles. The van der Waals surface area contributed by atoms with Crippen molar-refractivity contribution in [3.05, 3.63) is 29.6 Å². The molecule has 1 unspecified atom stereocenters. The zero-order chi connectivity index (χ0) is 13.0. The summed E-state index contributed by atoms with van der Waals surface area (Å²) in [5.41, 5.74) is 0.707. The highest BCUT2D eigenvalue weighted by Crippen LogP contribution is 2.18. The minimum Gasteiger partial charge on any atom is -0.321 e. The predicted octanol–water partition coefficient (Wildman–Crippen LogP) is 1.47. The number of hydrogen-bond acceptors (Lipinski definition) is 4. The van der Waals surface area contributed by atoms with E-state index in [1.54, 1.807) is 11.0 Å². The van der Waals surface area contributed by atoms with Crippen LogP contribution in [-0.4, -0.2) is 28.4 Å². The molecule has 90 valence electrons. The van der Waals surface area contributed by atoms with Crippen LogP contribution in [0.2, 0.25) is 0 Å². The first-order valence-corrected chi connectivity index (χ1v) is 5.83. The van der Waals surface area contributed by atoms with E-state index in [-0.39, 0.29) is 17.6 Å². The van der Waals surface area contributed by atoms with Crippen LogP contribution in [0.25, 0.3) is 0 Å². The van der Waals surface area contributed by atoms with Gasteiger partial charge in [0.25, 0.3) is 5.91 Å². The van der Waals surface area contributed by atoms with E-state index in [0.29, 0.717) is 12.1 Å². The fraction of sp³-hybridized carbons (Fsp3) is 0.385. The van der Waals surface area contributed by atoms with E-state index in [2.05, 4.69) is 11.1 Å². The molecule has 1 aliphatic rings. The van der Waals surface area contributed by atoms with Gasteiger partial charge in [0.05, 0.1) is 11.6 Å². The molecule has 1 atom stereocenters. The third kappa shape index (κ3) is 2.31. The van der Waals surface area contributed by atoms with E-state index in [1.165, 1.54) is 12.3 Å². The zero-order valence-corrected chi connectivity index (χ0v) is 9.83. The monoisotopic (exact) mass is 240 g/mol. The third-order valence-electron chi connectivity index (χ3n) is 3.02. The number of rotatable bonds is 1.